The first-order chi connectivity index (χ1) is 6.63. The fourth-order valence-electron chi connectivity index (χ4n) is 1.51. The summed E-state index contributed by atoms with van der Waals surface area (Å²) in [5.74, 6) is 1.00. The van der Waals surface area contributed by atoms with Crippen LogP contribution in [0.25, 0.3) is 0 Å². The SMILES string of the molecule is COc1cc(N)c2c(c1)C(=O)C(C)O2. The van der Waals surface area contributed by atoms with Gasteiger partial charge in [-0.05, 0) is 13.0 Å². The number of carbonyl (C=O) groups is 1. The molecule has 1 heterocycles. The van der Waals surface area contributed by atoms with Crippen molar-refractivity contribution in [3.8, 4) is 11.5 Å². The molecule has 1 unspecified atom stereocenters. The van der Waals surface area contributed by atoms with Gasteiger partial charge < -0.3 is 15.2 Å². The number of nitrogen functional groups attached to an aromatic ring is 1. The number of ketones is 1. The van der Waals surface area contributed by atoms with Crippen LogP contribution in [-0.2, 0) is 0 Å². The molecule has 0 aromatic heterocycles. The monoisotopic (exact) mass is 193 g/mol. The Labute approximate surface area is 81.6 Å². The molecule has 0 fully saturated rings. The van der Waals surface area contributed by atoms with Gasteiger partial charge in [-0.3, -0.25) is 4.79 Å². The van der Waals surface area contributed by atoms with E-state index in [1.807, 2.05) is 0 Å². The summed E-state index contributed by atoms with van der Waals surface area (Å²) in [4.78, 5) is 11.6. The zero-order chi connectivity index (χ0) is 10.3. The number of rotatable bonds is 1. The second-order valence-electron chi connectivity index (χ2n) is 3.22. The second-order valence-corrected chi connectivity index (χ2v) is 3.22. The zero-order valence-electron chi connectivity index (χ0n) is 8.03. The third-order valence-corrected chi connectivity index (χ3v) is 2.26. The summed E-state index contributed by atoms with van der Waals surface area (Å²) in [7, 11) is 1.53. The van der Waals surface area contributed by atoms with Gasteiger partial charge in [0.1, 0.15) is 5.75 Å². The van der Waals surface area contributed by atoms with Gasteiger partial charge in [0.05, 0.1) is 18.4 Å². The molecule has 0 spiro atoms. The fraction of sp³-hybridized carbons (Fsp3) is 0.300. The third kappa shape index (κ3) is 1.11. The van der Waals surface area contributed by atoms with E-state index in [9.17, 15) is 4.79 Å². The number of anilines is 1. The fourth-order valence-corrected chi connectivity index (χ4v) is 1.51. The van der Waals surface area contributed by atoms with Gasteiger partial charge in [0, 0.05) is 6.07 Å². The number of Topliss-reactive ketones (excluding diaryl/α,β-unsaturated/α-hetero) is 1. The largest absolute Gasteiger partial charge is 0.497 e. The van der Waals surface area contributed by atoms with Crippen LogP contribution < -0.4 is 15.2 Å². The Morgan fingerprint density at radius 3 is 2.86 bits per heavy atom. The summed E-state index contributed by atoms with van der Waals surface area (Å²) in [6, 6.07) is 3.29. The van der Waals surface area contributed by atoms with Crippen LogP contribution in [0.4, 0.5) is 5.69 Å². The highest BCUT2D eigenvalue weighted by molar-refractivity contribution is 6.06. The topological polar surface area (TPSA) is 61.5 Å². The summed E-state index contributed by atoms with van der Waals surface area (Å²) in [5.41, 5.74) is 6.67. The molecule has 14 heavy (non-hydrogen) atoms. The summed E-state index contributed by atoms with van der Waals surface area (Å²) in [6.07, 6.45) is -0.445. The van der Waals surface area contributed by atoms with Crippen molar-refractivity contribution in [1.82, 2.24) is 0 Å². The van der Waals surface area contributed by atoms with Gasteiger partial charge in [-0.15, -0.1) is 0 Å². The molecule has 1 atom stereocenters. The molecule has 2 N–H and O–H groups in total. The molecule has 0 saturated carbocycles. The second kappa shape index (κ2) is 2.90. The van der Waals surface area contributed by atoms with Gasteiger partial charge in [-0.2, -0.15) is 0 Å². The Bertz CT molecular complexity index is 401. The number of nitrogens with two attached hydrogens (primary N) is 1. The molecule has 4 nitrogen and oxygen atoms in total. The van der Waals surface area contributed by atoms with Crippen LogP contribution in [0.2, 0.25) is 0 Å². The van der Waals surface area contributed by atoms with E-state index in [-0.39, 0.29) is 5.78 Å². The number of ether oxygens (including phenoxy) is 2. The molecule has 1 aromatic rings. The Morgan fingerprint density at radius 1 is 1.50 bits per heavy atom. The van der Waals surface area contributed by atoms with Crippen molar-refractivity contribution in [2.45, 2.75) is 13.0 Å². The molecule has 0 radical (unpaired) electrons. The van der Waals surface area contributed by atoms with E-state index in [0.717, 1.165) is 0 Å². The van der Waals surface area contributed by atoms with Crippen LogP contribution in [0.3, 0.4) is 0 Å². The lowest BCUT2D eigenvalue weighted by molar-refractivity contribution is 0.0879. The zero-order valence-corrected chi connectivity index (χ0v) is 8.03. The van der Waals surface area contributed by atoms with Crippen LogP contribution in [0.1, 0.15) is 17.3 Å². The highest BCUT2D eigenvalue weighted by Gasteiger charge is 2.31. The van der Waals surface area contributed by atoms with Gasteiger partial charge in [0.25, 0.3) is 0 Å². The number of fused-ring (bicyclic) bond motifs is 1. The molecule has 74 valence electrons. The van der Waals surface area contributed by atoms with E-state index in [1.165, 1.54) is 7.11 Å². The highest BCUT2D eigenvalue weighted by atomic mass is 16.5. The first-order valence-electron chi connectivity index (χ1n) is 4.32. The molecule has 1 aliphatic rings. The lowest BCUT2D eigenvalue weighted by Crippen LogP contribution is -2.14. The van der Waals surface area contributed by atoms with Crippen molar-refractivity contribution >= 4 is 11.5 Å². The molecular weight excluding hydrogens is 182 g/mol. The number of benzene rings is 1. The summed E-state index contributed by atoms with van der Waals surface area (Å²) >= 11 is 0. The van der Waals surface area contributed by atoms with Crippen molar-refractivity contribution in [2.24, 2.45) is 0 Å². The van der Waals surface area contributed by atoms with E-state index in [2.05, 4.69) is 0 Å². The third-order valence-electron chi connectivity index (χ3n) is 2.26. The first-order valence-corrected chi connectivity index (χ1v) is 4.32. The summed E-state index contributed by atoms with van der Waals surface area (Å²) in [5, 5.41) is 0. The van der Waals surface area contributed by atoms with E-state index in [4.69, 9.17) is 15.2 Å². The Kier molecular flexibility index (Phi) is 1.84. The molecule has 2 rings (SSSR count). The number of hydrogen-bond donors (Lipinski definition) is 1. The Morgan fingerprint density at radius 2 is 2.21 bits per heavy atom. The molecule has 0 bridgehead atoms. The molecule has 0 aliphatic carbocycles. The van der Waals surface area contributed by atoms with E-state index < -0.39 is 6.10 Å². The van der Waals surface area contributed by atoms with Crippen LogP contribution >= 0.6 is 0 Å². The molecule has 4 heteroatoms. The van der Waals surface area contributed by atoms with Crippen LogP contribution in [-0.4, -0.2) is 19.0 Å². The average molecular weight is 193 g/mol. The standard InChI is InChI=1S/C10H11NO3/c1-5-9(12)7-3-6(13-2)4-8(11)10(7)14-5/h3-5H,11H2,1-2H3. The molecule has 0 saturated heterocycles. The average Bonchev–Trinajstić information content (AvgIpc) is 2.45. The van der Waals surface area contributed by atoms with Crippen LogP contribution in [0.5, 0.6) is 11.5 Å². The Balaban J connectivity index is 2.58. The maximum absolute atomic E-state index is 11.6. The van der Waals surface area contributed by atoms with E-state index in [0.29, 0.717) is 22.7 Å². The normalized spacial score (nSPS) is 19.0. The lowest BCUT2D eigenvalue weighted by atomic mass is 10.1. The predicted octanol–water partition coefficient (Wildman–Crippen LogP) is 1.24. The quantitative estimate of drug-likeness (QED) is 0.681. The smallest absolute Gasteiger partial charge is 0.206 e. The van der Waals surface area contributed by atoms with E-state index >= 15 is 0 Å². The molecule has 1 aromatic carbocycles. The minimum absolute atomic E-state index is 0.0504. The van der Waals surface area contributed by atoms with Crippen molar-refractivity contribution in [3.05, 3.63) is 17.7 Å². The Hall–Kier alpha value is -1.71. The lowest BCUT2D eigenvalue weighted by Gasteiger charge is -2.06. The summed E-state index contributed by atoms with van der Waals surface area (Å²) in [6.45, 7) is 1.70. The van der Waals surface area contributed by atoms with Crippen LogP contribution in [0.15, 0.2) is 12.1 Å². The number of hydrogen-bond acceptors (Lipinski definition) is 4. The van der Waals surface area contributed by atoms with Crippen molar-refractivity contribution < 1.29 is 14.3 Å². The predicted molar refractivity (Wildman–Crippen MR) is 51.8 cm³/mol. The highest BCUT2D eigenvalue weighted by Crippen LogP contribution is 2.37. The maximum atomic E-state index is 11.6. The van der Waals surface area contributed by atoms with E-state index in [1.54, 1.807) is 19.1 Å². The molecular formula is C10H11NO3. The molecule has 0 amide bonds. The minimum Gasteiger partial charge on any atom is -0.497 e. The van der Waals surface area contributed by atoms with Crippen LogP contribution in [0, 0.1) is 0 Å². The minimum atomic E-state index is -0.445. The van der Waals surface area contributed by atoms with Gasteiger partial charge in [-0.25, -0.2) is 0 Å². The van der Waals surface area contributed by atoms with Gasteiger partial charge in [-0.1, -0.05) is 0 Å². The van der Waals surface area contributed by atoms with Crippen molar-refractivity contribution in [2.75, 3.05) is 12.8 Å². The first kappa shape index (κ1) is 8.87. The van der Waals surface area contributed by atoms with Crippen molar-refractivity contribution in [1.29, 1.82) is 0 Å². The van der Waals surface area contributed by atoms with Crippen molar-refractivity contribution in [3.63, 3.8) is 0 Å². The van der Waals surface area contributed by atoms with Gasteiger partial charge in [0.15, 0.2) is 11.9 Å². The summed E-state index contributed by atoms with van der Waals surface area (Å²) < 4.78 is 10.3. The number of methoxy groups -OCH3 is 1. The maximum Gasteiger partial charge on any atom is 0.206 e. The number of carbonyl (C=O) groups excluding carboxylic acids is 1. The van der Waals surface area contributed by atoms with Gasteiger partial charge >= 0.3 is 0 Å². The van der Waals surface area contributed by atoms with Gasteiger partial charge in [0.2, 0.25) is 5.78 Å². The molecule has 1 aliphatic heterocycles.